The van der Waals surface area contributed by atoms with E-state index in [-0.39, 0.29) is 23.1 Å². The van der Waals surface area contributed by atoms with Crippen molar-refractivity contribution in [1.82, 2.24) is 9.55 Å². The minimum absolute atomic E-state index is 0.0452. The van der Waals surface area contributed by atoms with Crippen LogP contribution >= 0.6 is 0 Å². The first-order chi connectivity index (χ1) is 35.2. The molecule has 8 aromatic carbocycles. The first-order valence-corrected chi connectivity index (χ1v) is 25.8. The zero-order valence-electron chi connectivity index (χ0n) is 43.4. The fourth-order valence-electron chi connectivity index (χ4n) is 10.8. The molecule has 0 radical (unpaired) electrons. The number of para-hydroxylation sites is 4. The maximum atomic E-state index is 14.5. The van der Waals surface area contributed by atoms with E-state index in [1.54, 1.807) is 12.1 Å². The summed E-state index contributed by atoms with van der Waals surface area (Å²) in [5.74, 6) is 3.03. The summed E-state index contributed by atoms with van der Waals surface area (Å²) in [6.45, 7) is 21.1. The molecule has 10 aromatic rings. The van der Waals surface area contributed by atoms with Crippen molar-refractivity contribution >= 4 is 44.6 Å². The minimum Gasteiger partial charge on any atom is -0.457 e. The third-order valence-corrected chi connectivity index (χ3v) is 14.6. The lowest BCUT2D eigenvalue weighted by molar-refractivity contribution is 0.483. The summed E-state index contributed by atoms with van der Waals surface area (Å²) in [5.41, 5.74) is 18.1. The molecule has 0 unspecified atom stereocenters. The van der Waals surface area contributed by atoms with Crippen LogP contribution in [0.25, 0.3) is 61.0 Å². The number of rotatable bonds is 11. The van der Waals surface area contributed by atoms with Crippen molar-refractivity contribution in [3.63, 3.8) is 0 Å². The van der Waals surface area contributed by atoms with E-state index >= 15 is 0 Å². The Labute approximate surface area is 430 Å². The van der Waals surface area contributed by atoms with Crippen LogP contribution in [0.1, 0.15) is 102 Å². The van der Waals surface area contributed by atoms with Gasteiger partial charge in [-0.05, 0) is 134 Å². The molecule has 0 atom stereocenters. The van der Waals surface area contributed by atoms with Crippen LogP contribution in [0.15, 0.2) is 188 Å². The molecule has 364 valence electrons. The second-order valence-electron chi connectivity index (χ2n) is 21.6. The molecule has 6 heteroatoms. The molecule has 0 spiro atoms. The number of hydrogen-bond acceptors (Lipinski definition) is 4. The summed E-state index contributed by atoms with van der Waals surface area (Å²) in [6, 6.07) is 63.6. The SMILES string of the molecule is CC(C)c1cc(C(C)C)c(-c2cc(Oc3ccc4c5ccccc5n(-c5cc(C(C)(C)C)ccn5)c4c3)cc(N3CN(c4c(-c5ccccc5)cccc4-c4ccc(F)cc4)c4ccccc43)c2)c(C(C)C)c1. The van der Waals surface area contributed by atoms with Crippen LogP contribution in [0.5, 0.6) is 11.5 Å². The molecule has 1 aliphatic heterocycles. The average Bonchev–Trinajstić information content (AvgIpc) is 3.94. The summed E-state index contributed by atoms with van der Waals surface area (Å²) in [5, 5.41) is 2.30. The topological polar surface area (TPSA) is 33.5 Å². The van der Waals surface area contributed by atoms with Crippen molar-refractivity contribution in [3.8, 4) is 50.7 Å². The van der Waals surface area contributed by atoms with Gasteiger partial charge in [-0.3, -0.25) is 4.57 Å². The van der Waals surface area contributed by atoms with Crippen molar-refractivity contribution < 1.29 is 9.13 Å². The smallest absolute Gasteiger partial charge is 0.137 e. The zero-order valence-corrected chi connectivity index (χ0v) is 43.4. The van der Waals surface area contributed by atoms with E-state index in [9.17, 15) is 4.39 Å². The zero-order chi connectivity index (χ0) is 50.7. The first kappa shape index (κ1) is 47.4. The Hall–Kier alpha value is -7.96. The quantitative estimate of drug-likeness (QED) is 0.129. The molecule has 3 heterocycles. The third-order valence-electron chi connectivity index (χ3n) is 14.6. The Morgan fingerprint density at radius 3 is 1.82 bits per heavy atom. The molecule has 0 aliphatic carbocycles. The van der Waals surface area contributed by atoms with Gasteiger partial charge in [0, 0.05) is 45.9 Å². The monoisotopic (exact) mass is 958 g/mol. The second kappa shape index (κ2) is 18.9. The molecule has 0 bridgehead atoms. The molecule has 2 aromatic heterocycles. The number of halogens is 1. The number of nitrogens with zero attached hydrogens (tertiary/aromatic N) is 4. The Kier molecular flexibility index (Phi) is 12.3. The van der Waals surface area contributed by atoms with Crippen LogP contribution in [-0.2, 0) is 5.41 Å². The van der Waals surface area contributed by atoms with Crippen LogP contribution in [-0.4, -0.2) is 16.2 Å². The summed E-state index contributed by atoms with van der Waals surface area (Å²) >= 11 is 0. The predicted molar refractivity (Wildman–Crippen MR) is 304 cm³/mol. The molecule has 73 heavy (non-hydrogen) atoms. The summed E-state index contributed by atoms with van der Waals surface area (Å²) in [4.78, 5) is 9.81. The van der Waals surface area contributed by atoms with Crippen LogP contribution in [0.2, 0.25) is 0 Å². The highest BCUT2D eigenvalue weighted by molar-refractivity contribution is 6.09. The first-order valence-electron chi connectivity index (χ1n) is 25.8. The lowest BCUT2D eigenvalue weighted by atomic mass is 9.81. The maximum Gasteiger partial charge on any atom is 0.137 e. The largest absolute Gasteiger partial charge is 0.457 e. The van der Waals surface area contributed by atoms with E-state index in [0.29, 0.717) is 12.6 Å². The predicted octanol–water partition coefficient (Wildman–Crippen LogP) is 19.0. The number of ether oxygens (including phenoxy) is 1. The number of benzene rings is 8. The van der Waals surface area contributed by atoms with Crippen molar-refractivity contribution in [2.75, 3.05) is 16.5 Å². The third kappa shape index (κ3) is 8.83. The molecule has 1 aliphatic rings. The number of fused-ring (bicyclic) bond motifs is 4. The minimum atomic E-state index is -0.259. The Morgan fingerprint density at radius 2 is 1.15 bits per heavy atom. The number of anilines is 4. The van der Waals surface area contributed by atoms with Crippen LogP contribution in [0.4, 0.5) is 27.1 Å². The highest BCUT2D eigenvalue weighted by atomic mass is 19.1. The van der Waals surface area contributed by atoms with Crippen molar-refractivity contribution in [1.29, 1.82) is 0 Å². The van der Waals surface area contributed by atoms with E-state index < -0.39 is 0 Å². The molecule has 5 nitrogen and oxygen atoms in total. The average molecular weight is 959 g/mol. The Morgan fingerprint density at radius 1 is 0.521 bits per heavy atom. The number of hydrogen-bond donors (Lipinski definition) is 0. The van der Waals surface area contributed by atoms with E-state index in [1.807, 2.05) is 18.3 Å². The van der Waals surface area contributed by atoms with Crippen LogP contribution in [0.3, 0.4) is 0 Å². The lowest BCUT2D eigenvalue weighted by Crippen LogP contribution is -2.25. The molecular formula is C67H63FN4O. The molecule has 11 rings (SSSR count). The summed E-state index contributed by atoms with van der Waals surface area (Å²) in [6.07, 6.45) is 1.93. The van der Waals surface area contributed by atoms with E-state index in [1.165, 1.54) is 27.8 Å². The molecule has 0 saturated heterocycles. The van der Waals surface area contributed by atoms with Crippen LogP contribution in [0, 0.1) is 5.82 Å². The van der Waals surface area contributed by atoms with E-state index in [0.717, 1.165) is 89.7 Å². The van der Waals surface area contributed by atoms with Gasteiger partial charge in [-0.25, -0.2) is 9.37 Å². The Balaban J connectivity index is 1.11. The summed E-state index contributed by atoms with van der Waals surface area (Å²) < 4.78 is 24.0. The highest BCUT2D eigenvalue weighted by Crippen LogP contribution is 2.52. The van der Waals surface area contributed by atoms with Gasteiger partial charge in [0.05, 0.1) is 28.1 Å². The number of pyridine rings is 1. The summed E-state index contributed by atoms with van der Waals surface area (Å²) in [7, 11) is 0. The van der Waals surface area contributed by atoms with Gasteiger partial charge in [0.1, 0.15) is 29.8 Å². The fraction of sp³-hybridized carbons (Fsp3) is 0.209. The highest BCUT2D eigenvalue weighted by Gasteiger charge is 2.32. The van der Waals surface area contributed by atoms with Crippen LogP contribution < -0.4 is 14.5 Å². The van der Waals surface area contributed by atoms with Crippen molar-refractivity contribution in [2.45, 2.75) is 85.5 Å². The number of aromatic nitrogens is 2. The van der Waals surface area contributed by atoms with Gasteiger partial charge in [0.2, 0.25) is 0 Å². The van der Waals surface area contributed by atoms with Gasteiger partial charge in [0.25, 0.3) is 0 Å². The van der Waals surface area contributed by atoms with Crippen molar-refractivity contribution in [2.24, 2.45) is 0 Å². The van der Waals surface area contributed by atoms with Gasteiger partial charge < -0.3 is 14.5 Å². The van der Waals surface area contributed by atoms with E-state index in [2.05, 4.69) is 234 Å². The van der Waals surface area contributed by atoms with Gasteiger partial charge in [-0.2, -0.15) is 0 Å². The maximum absolute atomic E-state index is 14.5. The lowest BCUT2D eigenvalue weighted by Gasteiger charge is -2.28. The fourth-order valence-corrected chi connectivity index (χ4v) is 10.8. The molecule has 0 amide bonds. The van der Waals surface area contributed by atoms with E-state index in [4.69, 9.17) is 9.72 Å². The molecular weight excluding hydrogens is 896 g/mol. The molecule has 0 saturated carbocycles. The Bertz CT molecular complexity index is 3650. The van der Waals surface area contributed by atoms with Gasteiger partial charge in [-0.1, -0.05) is 165 Å². The molecule has 0 fully saturated rings. The standard InChI is InChI=1S/C67H63FN4O/c1-42(2)47-36-58(43(3)4)65(59(37-47)44(5)6)48-34-51(39-53(35-48)73-52-30-31-57-56-20-13-14-23-60(56)72(63(57)40-52)64-38-49(32-33-69-64)67(7,8)9)70-41-71(62-25-16-15-24-61(62)70)66-54(45-18-11-10-12-19-45)21-17-22-55(66)46-26-28-50(68)29-27-46/h10-40,42-44H,41H2,1-9H3. The second-order valence-corrected chi connectivity index (χ2v) is 21.6. The van der Waals surface area contributed by atoms with Crippen molar-refractivity contribution in [3.05, 3.63) is 216 Å². The molecule has 0 N–H and O–H groups in total. The van der Waals surface area contributed by atoms with Gasteiger partial charge in [0.15, 0.2) is 0 Å². The van der Waals surface area contributed by atoms with Gasteiger partial charge in [-0.15, -0.1) is 0 Å². The van der Waals surface area contributed by atoms with Gasteiger partial charge >= 0.3 is 0 Å². The normalized spacial score (nSPS) is 12.8.